The summed E-state index contributed by atoms with van der Waals surface area (Å²) < 4.78 is 5.37. The molecule has 2 fully saturated rings. The number of amides is 1. The van der Waals surface area contributed by atoms with Crippen LogP contribution in [0.2, 0.25) is 0 Å². The van der Waals surface area contributed by atoms with E-state index >= 15 is 0 Å². The van der Waals surface area contributed by atoms with Gasteiger partial charge in [0.05, 0.1) is 0 Å². The van der Waals surface area contributed by atoms with Gasteiger partial charge in [0.25, 0.3) is 0 Å². The second kappa shape index (κ2) is 6.99. The second-order valence-corrected chi connectivity index (χ2v) is 7.96. The molecule has 0 spiro atoms. The Morgan fingerprint density at radius 1 is 1.14 bits per heavy atom. The number of alkyl carbamates (subject to hydrolysis) is 1. The van der Waals surface area contributed by atoms with Crippen LogP contribution in [0.4, 0.5) is 4.79 Å². The fourth-order valence-corrected chi connectivity index (χ4v) is 3.05. The van der Waals surface area contributed by atoms with E-state index in [9.17, 15) is 4.79 Å². The fraction of sp³-hybridized carbons (Fsp3) is 0.941. The van der Waals surface area contributed by atoms with Crippen molar-refractivity contribution in [2.45, 2.75) is 83.9 Å². The molecule has 21 heavy (non-hydrogen) atoms. The summed E-state index contributed by atoms with van der Waals surface area (Å²) in [6.07, 6.45) is 7.36. The van der Waals surface area contributed by atoms with Crippen LogP contribution in [-0.4, -0.2) is 30.3 Å². The molecule has 1 amide bonds. The van der Waals surface area contributed by atoms with Gasteiger partial charge in [-0.1, -0.05) is 6.92 Å². The Bertz CT molecular complexity index is 339. The van der Waals surface area contributed by atoms with Gasteiger partial charge in [-0.05, 0) is 71.1 Å². The lowest BCUT2D eigenvalue weighted by atomic mass is 9.87. The third-order valence-electron chi connectivity index (χ3n) is 4.54. The number of nitrogens with one attached hydrogen (secondary N) is 2. The van der Waals surface area contributed by atoms with E-state index in [-0.39, 0.29) is 12.1 Å². The highest BCUT2D eigenvalue weighted by Gasteiger charge is 2.33. The third-order valence-corrected chi connectivity index (χ3v) is 4.54. The molecule has 1 atom stereocenters. The zero-order chi connectivity index (χ0) is 15.5. The van der Waals surface area contributed by atoms with E-state index < -0.39 is 5.60 Å². The van der Waals surface area contributed by atoms with Crippen LogP contribution in [0.15, 0.2) is 0 Å². The maximum atomic E-state index is 11.9. The molecule has 0 saturated heterocycles. The minimum absolute atomic E-state index is 0.221. The first-order chi connectivity index (χ1) is 9.83. The van der Waals surface area contributed by atoms with Crippen LogP contribution in [0.5, 0.6) is 0 Å². The standard InChI is InChI=1S/C17H32N2O2/c1-12-5-9-14(10-6-12)18-11-15(13-7-8-13)19-16(20)21-17(2,3)4/h12-15,18H,5-11H2,1-4H3,(H,19,20). The summed E-state index contributed by atoms with van der Waals surface area (Å²) in [5.74, 6) is 1.51. The maximum absolute atomic E-state index is 11.9. The van der Waals surface area contributed by atoms with Crippen LogP contribution in [0.25, 0.3) is 0 Å². The van der Waals surface area contributed by atoms with Gasteiger partial charge >= 0.3 is 6.09 Å². The number of carbonyl (C=O) groups is 1. The number of hydrogen-bond donors (Lipinski definition) is 2. The summed E-state index contributed by atoms with van der Waals surface area (Å²) in [6, 6.07) is 0.849. The predicted octanol–water partition coefficient (Wildman–Crippen LogP) is 3.46. The number of hydrogen-bond acceptors (Lipinski definition) is 3. The molecule has 4 heteroatoms. The highest BCUT2D eigenvalue weighted by atomic mass is 16.6. The predicted molar refractivity (Wildman–Crippen MR) is 85.3 cm³/mol. The van der Waals surface area contributed by atoms with Crippen molar-refractivity contribution in [1.82, 2.24) is 10.6 Å². The van der Waals surface area contributed by atoms with Gasteiger partial charge in [0.2, 0.25) is 0 Å². The Morgan fingerprint density at radius 2 is 1.76 bits per heavy atom. The molecule has 2 aliphatic carbocycles. The topological polar surface area (TPSA) is 50.4 Å². The molecule has 2 saturated carbocycles. The number of carbonyl (C=O) groups excluding carboxylic acids is 1. The molecule has 0 bridgehead atoms. The van der Waals surface area contributed by atoms with E-state index in [4.69, 9.17) is 4.74 Å². The van der Waals surface area contributed by atoms with Gasteiger partial charge in [-0.25, -0.2) is 4.79 Å². The van der Waals surface area contributed by atoms with Crippen molar-refractivity contribution in [3.8, 4) is 0 Å². The average molecular weight is 296 g/mol. The minimum atomic E-state index is -0.425. The van der Waals surface area contributed by atoms with Crippen LogP contribution in [-0.2, 0) is 4.74 Å². The van der Waals surface area contributed by atoms with Crippen molar-refractivity contribution in [3.63, 3.8) is 0 Å². The molecule has 1 unspecified atom stereocenters. The van der Waals surface area contributed by atoms with E-state index in [1.807, 2.05) is 20.8 Å². The molecule has 0 aromatic heterocycles. The van der Waals surface area contributed by atoms with Gasteiger partial charge in [0.1, 0.15) is 5.60 Å². The van der Waals surface area contributed by atoms with Crippen molar-refractivity contribution in [2.75, 3.05) is 6.54 Å². The Balaban J connectivity index is 1.73. The summed E-state index contributed by atoms with van der Waals surface area (Å²) in [5, 5.41) is 6.72. The molecule has 4 nitrogen and oxygen atoms in total. The van der Waals surface area contributed by atoms with Crippen LogP contribution in [0, 0.1) is 11.8 Å². The van der Waals surface area contributed by atoms with Gasteiger partial charge in [0.15, 0.2) is 0 Å². The zero-order valence-corrected chi connectivity index (χ0v) is 14.1. The van der Waals surface area contributed by atoms with Gasteiger partial charge in [-0.3, -0.25) is 0 Å². The molecule has 0 aromatic carbocycles. The Hall–Kier alpha value is -0.770. The van der Waals surface area contributed by atoms with Gasteiger partial charge in [-0.15, -0.1) is 0 Å². The first kappa shape index (κ1) is 16.6. The molecule has 0 aromatic rings. The summed E-state index contributed by atoms with van der Waals surface area (Å²) >= 11 is 0. The second-order valence-electron chi connectivity index (χ2n) is 7.96. The van der Waals surface area contributed by atoms with E-state index in [1.165, 1.54) is 38.5 Å². The Labute approximate surface area is 129 Å². The average Bonchev–Trinajstić information content (AvgIpc) is 3.18. The molecule has 2 aliphatic rings. The van der Waals surface area contributed by atoms with Crippen LogP contribution < -0.4 is 10.6 Å². The maximum Gasteiger partial charge on any atom is 0.407 e. The van der Waals surface area contributed by atoms with Crippen LogP contribution in [0.1, 0.15) is 66.2 Å². The molecule has 122 valence electrons. The van der Waals surface area contributed by atoms with Gasteiger partial charge in [0, 0.05) is 18.6 Å². The summed E-state index contributed by atoms with van der Waals surface area (Å²) in [5.41, 5.74) is -0.425. The van der Waals surface area contributed by atoms with Crippen LogP contribution in [0.3, 0.4) is 0 Å². The fourth-order valence-electron chi connectivity index (χ4n) is 3.05. The molecule has 0 heterocycles. The van der Waals surface area contributed by atoms with Gasteiger partial charge < -0.3 is 15.4 Å². The van der Waals surface area contributed by atoms with Crippen molar-refractivity contribution in [2.24, 2.45) is 11.8 Å². The number of ether oxygens (including phenoxy) is 1. The highest BCUT2D eigenvalue weighted by Crippen LogP contribution is 2.33. The Kier molecular flexibility index (Phi) is 5.53. The quantitative estimate of drug-likeness (QED) is 0.817. The van der Waals surface area contributed by atoms with Crippen molar-refractivity contribution in [1.29, 1.82) is 0 Å². The minimum Gasteiger partial charge on any atom is -0.444 e. The summed E-state index contributed by atoms with van der Waals surface area (Å²) in [4.78, 5) is 11.9. The van der Waals surface area contributed by atoms with E-state index in [2.05, 4.69) is 17.6 Å². The summed E-state index contributed by atoms with van der Waals surface area (Å²) in [7, 11) is 0. The molecule has 2 N–H and O–H groups in total. The smallest absolute Gasteiger partial charge is 0.407 e. The van der Waals surface area contributed by atoms with Crippen molar-refractivity contribution in [3.05, 3.63) is 0 Å². The Morgan fingerprint density at radius 3 is 2.29 bits per heavy atom. The monoisotopic (exact) mass is 296 g/mol. The lowest BCUT2D eigenvalue weighted by molar-refractivity contribution is 0.0496. The SMILES string of the molecule is CC1CCC(NCC(NC(=O)OC(C)(C)C)C2CC2)CC1. The molecule has 2 rings (SSSR count). The van der Waals surface area contributed by atoms with Crippen molar-refractivity contribution >= 4 is 6.09 Å². The lowest BCUT2D eigenvalue weighted by Crippen LogP contribution is -2.48. The highest BCUT2D eigenvalue weighted by molar-refractivity contribution is 5.68. The molecule has 0 aliphatic heterocycles. The first-order valence-electron chi connectivity index (χ1n) is 8.56. The largest absolute Gasteiger partial charge is 0.444 e. The van der Waals surface area contributed by atoms with Crippen molar-refractivity contribution < 1.29 is 9.53 Å². The van der Waals surface area contributed by atoms with Crippen LogP contribution >= 0.6 is 0 Å². The molecule has 0 radical (unpaired) electrons. The van der Waals surface area contributed by atoms with E-state index in [0.717, 1.165) is 12.5 Å². The molecular formula is C17H32N2O2. The van der Waals surface area contributed by atoms with E-state index in [0.29, 0.717) is 12.0 Å². The van der Waals surface area contributed by atoms with Gasteiger partial charge in [-0.2, -0.15) is 0 Å². The molecular weight excluding hydrogens is 264 g/mol. The van der Waals surface area contributed by atoms with E-state index in [1.54, 1.807) is 0 Å². The number of rotatable bonds is 5. The first-order valence-corrected chi connectivity index (χ1v) is 8.56. The zero-order valence-electron chi connectivity index (χ0n) is 14.1. The lowest BCUT2D eigenvalue weighted by Gasteiger charge is -2.29. The normalized spacial score (nSPS) is 28.0. The summed E-state index contributed by atoms with van der Waals surface area (Å²) in [6.45, 7) is 8.93. The third kappa shape index (κ3) is 6.25.